The second kappa shape index (κ2) is 5.72. The maximum atomic E-state index is 11.7. The van der Waals surface area contributed by atoms with Gasteiger partial charge in [-0.2, -0.15) is 0 Å². The Morgan fingerprint density at radius 1 is 1.41 bits per heavy atom. The fraction of sp³-hybridized carbons (Fsp3) is 0.533. The van der Waals surface area contributed by atoms with Crippen molar-refractivity contribution in [1.29, 1.82) is 0 Å². The molecule has 1 nitrogen and oxygen atoms in total. The Balaban J connectivity index is 1.88. The van der Waals surface area contributed by atoms with E-state index in [9.17, 15) is 4.79 Å². The lowest BCUT2D eigenvalue weighted by Crippen LogP contribution is -2.06. The summed E-state index contributed by atoms with van der Waals surface area (Å²) in [5.74, 6) is 2.66. The predicted molar refractivity (Wildman–Crippen MR) is 73.6 cm³/mol. The first kappa shape index (κ1) is 12.7. The van der Waals surface area contributed by atoms with Gasteiger partial charge in [-0.3, -0.25) is 4.79 Å². The summed E-state index contributed by atoms with van der Waals surface area (Å²) in [4.78, 5) is 13.1. The van der Waals surface area contributed by atoms with Gasteiger partial charge in [-0.15, -0.1) is 11.8 Å². The number of Topliss-reactive ketones (excluding diaryl/α,β-unsaturated/α-hetero) is 1. The van der Waals surface area contributed by atoms with E-state index in [4.69, 9.17) is 0 Å². The zero-order chi connectivity index (χ0) is 12.3. The standard InChI is InChI=1S/C15H20OS/c1-11(2)9-13(16)8-7-12-10-17-15-6-4-3-5-14(12)15/h3-6,11-12H,7-10H2,1-2H3. The highest BCUT2D eigenvalue weighted by atomic mass is 32.2. The number of hydrogen-bond donors (Lipinski definition) is 0. The number of rotatable bonds is 5. The van der Waals surface area contributed by atoms with Gasteiger partial charge in [0, 0.05) is 23.5 Å². The summed E-state index contributed by atoms with van der Waals surface area (Å²) < 4.78 is 0. The smallest absolute Gasteiger partial charge is 0.133 e. The van der Waals surface area contributed by atoms with Crippen molar-refractivity contribution >= 4 is 17.5 Å². The minimum absolute atomic E-state index is 0.425. The van der Waals surface area contributed by atoms with E-state index in [2.05, 4.69) is 38.1 Å². The van der Waals surface area contributed by atoms with Gasteiger partial charge in [0.15, 0.2) is 0 Å². The number of benzene rings is 1. The van der Waals surface area contributed by atoms with Crippen molar-refractivity contribution in [3.8, 4) is 0 Å². The average Bonchev–Trinajstić information content (AvgIpc) is 2.69. The van der Waals surface area contributed by atoms with Crippen LogP contribution in [-0.2, 0) is 4.79 Å². The van der Waals surface area contributed by atoms with Crippen LogP contribution in [-0.4, -0.2) is 11.5 Å². The maximum absolute atomic E-state index is 11.7. The van der Waals surface area contributed by atoms with E-state index in [1.807, 2.05) is 11.8 Å². The summed E-state index contributed by atoms with van der Waals surface area (Å²) in [5.41, 5.74) is 1.45. The van der Waals surface area contributed by atoms with Crippen LogP contribution in [0.5, 0.6) is 0 Å². The van der Waals surface area contributed by atoms with Crippen LogP contribution in [0.25, 0.3) is 0 Å². The molecule has 92 valence electrons. The minimum Gasteiger partial charge on any atom is -0.300 e. The van der Waals surface area contributed by atoms with Gasteiger partial charge in [-0.1, -0.05) is 32.0 Å². The van der Waals surface area contributed by atoms with Crippen LogP contribution in [0.4, 0.5) is 0 Å². The second-order valence-corrected chi connectivity index (χ2v) is 6.28. The van der Waals surface area contributed by atoms with Crippen LogP contribution in [0.3, 0.4) is 0 Å². The molecule has 1 aromatic rings. The lowest BCUT2D eigenvalue weighted by molar-refractivity contribution is -0.119. The third-order valence-electron chi connectivity index (χ3n) is 3.21. The van der Waals surface area contributed by atoms with Crippen molar-refractivity contribution in [2.45, 2.75) is 43.9 Å². The van der Waals surface area contributed by atoms with Crippen LogP contribution in [0, 0.1) is 5.92 Å². The monoisotopic (exact) mass is 248 g/mol. The van der Waals surface area contributed by atoms with Crippen molar-refractivity contribution in [2.75, 3.05) is 5.75 Å². The van der Waals surface area contributed by atoms with Crippen LogP contribution >= 0.6 is 11.8 Å². The highest BCUT2D eigenvalue weighted by molar-refractivity contribution is 7.99. The summed E-state index contributed by atoms with van der Waals surface area (Å²) in [6.07, 6.45) is 2.51. The Morgan fingerprint density at radius 2 is 2.18 bits per heavy atom. The Morgan fingerprint density at radius 3 is 2.94 bits per heavy atom. The highest BCUT2D eigenvalue weighted by Gasteiger charge is 2.22. The topological polar surface area (TPSA) is 17.1 Å². The molecule has 1 atom stereocenters. The molecule has 0 aromatic heterocycles. The van der Waals surface area contributed by atoms with Crippen molar-refractivity contribution in [3.05, 3.63) is 29.8 Å². The number of thioether (sulfide) groups is 1. The van der Waals surface area contributed by atoms with E-state index in [-0.39, 0.29) is 0 Å². The SMILES string of the molecule is CC(C)CC(=O)CCC1CSc2ccccc21. The van der Waals surface area contributed by atoms with E-state index in [1.54, 1.807) is 0 Å². The fourth-order valence-corrected chi connectivity index (χ4v) is 3.66. The number of carbonyl (C=O) groups is 1. The van der Waals surface area contributed by atoms with E-state index in [0.29, 0.717) is 17.6 Å². The van der Waals surface area contributed by atoms with E-state index in [1.165, 1.54) is 10.5 Å². The van der Waals surface area contributed by atoms with Crippen molar-refractivity contribution in [2.24, 2.45) is 5.92 Å². The van der Waals surface area contributed by atoms with E-state index >= 15 is 0 Å². The lowest BCUT2D eigenvalue weighted by atomic mass is 9.93. The molecule has 0 radical (unpaired) electrons. The Hall–Kier alpha value is -0.760. The Bertz CT molecular complexity index is 398. The molecular formula is C15H20OS. The number of carbonyl (C=O) groups excluding carboxylic acids is 1. The average molecular weight is 248 g/mol. The van der Waals surface area contributed by atoms with Gasteiger partial charge < -0.3 is 0 Å². The predicted octanol–water partition coefficient (Wildman–Crippen LogP) is 4.27. The molecule has 0 amide bonds. The molecule has 0 N–H and O–H groups in total. The van der Waals surface area contributed by atoms with Gasteiger partial charge in [0.05, 0.1) is 0 Å². The summed E-state index contributed by atoms with van der Waals surface area (Å²) >= 11 is 1.93. The van der Waals surface area contributed by atoms with Crippen LogP contribution in [0.15, 0.2) is 29.2 Å². The molecule has 0 fully saturated rings. The molecule has 1 aliphatic rings. The summed E-state index contributed by atoms with van der Waals surface area (Å²) in [5, 5.41) is 0. The van der Waals surface area contributed by atoms with Gasteiger partial charge >= 0.3 is 0 Å². The zero-order valence-electron chi connectivity index (χ0n) is 10.6. The maximum Gasteiger partial charge on any atom is 0.133 e. The summed E-state index contributed by atoms with van der Waals surface area (Å²) in [6, 6.07) is 8.61. The largest absolute Gasteiger partial charge is 0.300 e. The van der Waals surface area contributed by atoms with Crippen molar-refractivity contribution in [1.82, 2.24) is 0 Å². The molecule has 1 aromatic carbocycles. The van der Waals surface area contributed by atoms with E-state index < -0.39 is 0 Å². The van der Waals surface area contributed by atoms with Crippen LogP contribution in [0.1, 0.15) is 44.6 Å². The van der Waals surface area contributed by atoms with E-state index in [0.717, 1.165) is 25.0 Å². The third kappa shape index (κ3) is 3.35. The first-order valence-electron chi connectivity index (χ1n) is 6.40. The lowest BCUT2D eigenvalue weighted by Gasteiger charge is -2.10. The first-order valence-corrected chi connectivity index (χ1v) is 7.39. The minimum atomic E-state index is 0.425. The third-order valence-corrected chi connectivity index (χ3v) is 4.46. The molecule has 1 aliphatic heterocycles. The molecule has 0 saturated carbocycles. The quantitative estimate of drug-likeness (QED) is 0.774. The highest BCUT2D eigenvalue weighted by Crippen LogP contribution is 2.41. The van der Waals surface area contributed by atoms with Crippen LogP contribution < -0.4 is 0 Å². The molecule has 0 saturated heterocycles. The summed E-state index contributed by atoms with van der Waals surface area (Å²) in [7, 11) is 0. The normalized spacial score (nSPS) is 18.4. The van der Waals surface area contributed by atoms with Gasteiger partial charge in [-0.25, -0.2) is 0 Å². The molecule has 1 heterocycles. The molecule has 0 aliphatic carbocycles. The van der Waals surface area contributed by atoms with Crippen molar-refractivity contribution < 1.29 is 4.79 Å². The van der Waals surface area contributed by atoms with Gasteiger partial charge in [-0.05, 0) is 29.9 Å². The van der Waals surface area contributed by atoms with Gasteiger partial charge in [0.1, 0.15) is 5.78 Å². The van der Waals surface area contributed by atoms with Crippen molar-refractivity contribution in [3.63, 3.8) is 0 Å². The Labute approximate surface area is 108 Å². The zero-order valence-corrected chi connectivity index (χ0v) is 11.4. The Kier molecular flexibility index (Phi) is 4.27. The van der Waals surface area contributed by atoms with Gasteiger partial charge in [0.25, 0.3) is 0 Å². The molecule has 0 bridgehead atoms. The fourth-order valence-electron chi connectivity index (χ4n) is 2.36. The first-order chi connectivity index (χ1) is 8.16. The number of hydrogen-bond acceptors (Lipinski definition) is 2. The van der Waals surface area contributed by atoms with Crippen LogP contribution in [0.2, 0.25) is 0 Å². The number of ketones is 1. The molecule has 2 rings (SSSR count). The van der Waals surface area contributed by atoms with Gasteiger partial charge in [0.2, 0.25) is 0 Å². The summed E-state index contributed by atoms with van der Waals surface area (Å²) in [6.45, 7) is 4.22. The number of fused-ring (bicyclic) bond motifs is 1. The molecule has 17 heavy (non-hydrogen) atoms. The molecular weight excluding hydrogens is 228 g/mol. The molecule has 0 spiro atoms. The molecule has 2 heteroatoms. The molecule has 1 unspecified atom stereocenters. The second-order valence-electron chi connectivity index (χ2n) is 5.22.